The Hall–Kier alpha value is -2.50. The number of nitrogens with zero attached hydrogens (tertiary/aromatic N) is 2. The van der Waals surface area contributed by atoms with Gasteiger partial charge in [-0.05, 0) is 63.4 Å². The molecule has 6 nitrogen and oxygen atoms in total. The molecule has 1 heterocycles. The lowest BCUT2D eigenvalue weighted by Gasteiger charge is -2.15. The van der Waals surface area contributed by atoms with Crippen LogP contribution in [-0.4, -0.2) is 29.0 Å². The van der Waals surface area contributed by atoms with E-state index in [0.29, 0.717) is 0 Å². The van der Waals surface area contributed by atoms with Gasteiger partial charge in [-0.25, -0.2) is 4.79 Å². The van der Waals surface area contributed by atoms with Gasteiger partial charge in [0.2, 0.25) is 0 Å². The monoisotopic (exact) mass is 330 g/mol. The van der Waals surface area contributed by atoms with E-state index in [1.54, 1.807) is 7.11 Å². The van der Waals surface area contributed by atoms with E-state index in [2.05, 4.69) is 15.7 Å². The Kier molecular flexibility index (Phi) is 5.49. The van der Waals surface area contributed by atoms with E-state index in [-0.39, 0.29) is 12.1 Å². The van der Waals surface area contributed by atoms with E-state index in [9.17, 15) is 4.79 Å². The van der Waals surface area contributed by atoms with Crippen LogP contribution in [0.4, 0.5) is 10.5 Å². The van der Waals surface area contributed by atoms with Crippen LogP contribution in [-0.2, 0) is 13.5 Å². The fraction of sp³-hybridized carbons (Fsp3) is 0.444. The summed E-state index contributed by atoms with van der Waals surface area (Å²) in [6, 6.07) is 5.35. The maximum absolute atomic E-state index is 12.2. The van der Waals surface area contributed by atoms with Crippen molar-refractivity contribution in [3.8, 4) is 5.75 Å². The Morgan fingerprint density at radius 1 is 1.33 bits per heavy atom. The van der Waals surface area contributed by atoms with Crippen molar-refractivity contribution in [3.05, 3.63) is 40.7 Å². The van der Waals surface area contributed by atoms with E-state index in [1.165, 1.54) is 5.56 Å². The van der Waals surface area contributed by atoms with E-state index in [1.807, 2.05) is 57.6 Å². The molecule has 0 bridgehead atoms. The molecule has 0 saturated heterocycles. The van der Waals surface area contributed by atoms with Gasteiger partial charge in [-0.15, -0.1) is 0 Å². The van der Waals surface area contributed by atoms with Crippen LogP contribution in [0.1, 0.15) is 29.4 Å². The third-order valence-corrected chi connectivity index (χ3v) is 4.20. The molecular formula is C18H26N4O2. The Labute approximate surface area is 143 Å². The lowest BCUT2D eigenvalue weighted by molar-refractivity contribution is 0.249. The zero-order chi connectivity index (χ0) is 17.9. The number of nitrogens with one attached hydrogen (secondary N) is 2. The van der Waals surface area contributed by atoms with Crippen LogP contribution in [0.3, 0.4) is 0 Å². The Morgan fingerprint density at radius 3 is 2.58 bits per heavy atom. The summed E-state index contributed by atoms with van der Waals surface area (Å²) in [5, 5.41) is 10.2. The van der Waals surface area contributed by atoms with E-state index >= 15 is 0 Å². The summed E-state index contributed by atoms with van der Waals surface area (Å²) < 4.78 is 7.10. The predicted molar refractivity (Wildman–Crippen MR) is 95.7 cm³/mol. The minimum absolute atomic E-state index is 0.00550. The van der Waals surface area contributed by atoms with Crippen LogP contribution >= 0.6 is 0 Å². The van der Waals surface area contributed by atoms with Crippen LogP contribution in [0.5, 0.6) is 5.75 Å². The quantitative estimate of drug-likeness (QED) is 0.885. The molecule has 0 aliphatic heterocycles. The third kappa shape index (κ3) is 4.07. The molecular weight excluding hydrogens is 304 g/mol. The standard InChI is InChI=1S/C18H26N4O2/c1-11-9-15(7-8-17(11)24-6)20-18(23)19-12(2)10-16-13(3)21-22(5)14(16)4/h7-9,12H,10H2,1-6H3,(H2,19,20,23). The van der Waals surface area contributed by atoms with E-state index < -0.39 is 0 Å². The maximum atomic E-state index is 12.2. The van der Waals surface area contributed by atoms with Gasteiger partial charge < -0.3 is 15.4 Å². The van der Waals surface area contributed by atoms with Gasteiger partial charge in [-0.3, -0.25) is 4.68 Å². The highest BCUT2D eigenvalue weighted by molar-refractivity contribution is 5.89. The summed E-state index contributed by atoms with van der Waals surface area (Å²) in [6.07, 6.45) is 0.751. The molecule has 0 radical (unpaired) electrons. The molecule has 2 amide bonds. The van der Waals surface area contributed by atoms with Gasteiger partial charge in [0.25, 0.3) is 0 Å². The minimum atomic E-state index is -0.216. The lowest BCUT2D eigenvalue weighted by atomic mass is 10.1. The number of aryl methyl sites for hydroxylation is 3. The highest BCUT2D eigenvalue weighted by Gasteiger charge is 2.15. The zero-order valence-corrected chi connectivity index (χ0v) is 15.2. The lowest BCUT2D eigenvalue weighted by Crippen LogP contribution is -2.37. The average molecular weight is 330 g/mol. The number of hydrogen-bond acceptors (Lipinski definition) is 3. The highest BCUT2D eigenvalue weighted by Crippen LogP contribution is 2.21. The van der Waals surface area contributed by atoms with Gasteiger partial charge in [0.1, 0.15) is 5.75 Å². The number of anilines is 1. The molecule has 0 saturated carbocycles. The maximum Gasteiger partial charge on any atom is 0.319 e. The second-order valence-corrected chi connectivity index (χ2v) is 6.16. The number of ether oxygens (including phenoxy) is 1. The number of hydrogen-bond donors (Lipinski definition) is 2. The van der Waals surface area contributed by atoms with Crippen molar-refractivity contribution < 1.29 is 9.53 Å². The van der Waals surface area contributed by atoms with Crippen LogP contribution in [0.15, 0.2) is 18.2 Å². The zero-order valence-electron chi connectivity index (χ0n) is 15.2. The molecule has 0 spiro atoms. The van der Waals surface area contributed by atoms with Gasteiger partial charge in [0.15, 0.2) is 0 Å². The summed E-state index contributed by atoms with van der Waals surface area (Å²) in [5.41, 5.74) is 5.05. The van der Waals surface area contributed by atoms with Gasteiger partial charge in [0, 0.05) is 24.5 Å². The van der Waals surface area contributed by atoms with Gasteiger partial charge in [-0.2, -0.15) is 5.10 Å². The normalized spacial score (nSPS) is 11.9. The van der Waals surface area contributed by atoms with Gasteiger partial charge in [-0.1, -0.05) is 0 Å². The minimum Gasteiger partial charge on any atom is -0.496 e. The first-order valence-electron chi connectivity index (χ1n) is 8.03. The second-order valence-electron chi connectivity index (χ2n) is 6.16. The average Bonchev–Trinajstić information content (AvgIpc) is 2.73. The predicted octanol–water partition coefficient (Wildman–Crippen LogP) is 3.11. The molecule has 1 unspecified atom stereocenters. The molecule has 24 heavy (non-hydrogen) atoms. The van der Waals surface area contributed by atoms with Crippen molar-refractivity contribution >= 4 is 11.7 Å². The van der Waals surface area contributed by atoms with Crippen molar-refractivity contribution in [1.82, 2.24) is 15.1 Å². The fourth-order valence-electron chi connectivity index (χ4n) is 2.82. The Balaban J connectivity index is 1.95. The van der Waals surface area contributed by atoms with E-state index in [0.717, 1.165) is 34.8 Å². The number of methoxy groups -OCH3 is 1. The number of aromatic nitrogens is 2. The summed E-state index contributed by atoms with van der Waals surface area (Å²) in [6.45, 7) is 7.97. The number of rotatable bonds is 5. The smallest absolute Gasteiger partial charge is 0.319 e. The van der Waals surface area contributed by atoms with E-state index in [4.69, 9.17) is 4.74 Å². The molecule has 2 rings (SSSR count). The molecule has 1 aromatic carbocycles. The summed E-state index contributed by atoms with van der Waals surface area (Å²) in [7, 11) is 3.56. The largest absolute Gasteiger partial charge is 0.496 e. The topological polar surface area (TPSA) is 68.2 Å². The number of carbonyl (C=O) groups is 1. The fourth-order valence-corrected chi connectivity index (χ4v) is 2.82. The number of urea groups is 1. The number of carbonyl (C=O) groups excluding carboxylic acids is 1. The summed E-state index contributed by atoms with van der Waals surface area (Å²) in [4.78, 5) is 12.2. The first-order valence-corrected chi connectivity index (χ1v) is 8.03. The number of amides is 2. The van der Waals surface area contributed by atoms with Crippen LogP contribution in [0, 0.1) is 20.8 Å². The van der Waals surface area contributed by atoms with Crippen LogP contribution in [0.2, 0.25) is 0 Å². The van der Waals surface area contributed by atoms with Crippen molar-refractivity contribution in [3.63, 3.8) is 0 Å². The molecule has 0 aliphatic carbocycles. The van der Waals surface area contributed by atoms with Crippen LogP contribution in [0.25, 0.3) is 0 Å². The van der Waals surface area contributed by atoms with Crippen molar-refractivity contribution in [2.45, 2.75) is 40.2 Å². The summed E-state index contributed by atoms with van der Waals surface area (Å²) >= 11 is 0. The molecule has 130 valence electrons. The SMILES string of the molecule is COc1ccc(NC(=O)NC(C)Cc2c(C)nn(C)c2C)cc1C. The van der Waals surface area contributed by atoms with Crippen molar-refractivity contribution in [2.75, 3.05) is 12.4 Å². The Bertz CT molecular complexity index is 737. The second kappa shape index (κ2) is 7.38. The van der Waals surface area contributed by atoms with Gasteiger partial charge >= 0.3 is 6.03 Å². The van der Waals surface area contributed by atoms with Crippen molar-refractivity contribution in [1.29, 1.82) is 0 Å². The highest BCUT2D eigenvalue weighted by atomic mass is 16.5. The molecule has 1 aromatic heterocycles. The Morgan fingerprint density at radius 2 is 2.04 bits per heavy atom. The summed E-state index contributed by atoms with van der Waals surface area (Å²) in [5.74, 6) is 0.803. The van der Waals surface area contributed by atoms with Crippen molar-refractivity contribution in [2.24, 2.45) is 7.05 Å². The van der Waals surface area contributed by atoms with Gasteiger partial charge in [0.05, 0.1) is 12.8 Å². The molecule has 1 atom stereocenters. The molecule has 2 aromatic rings. The molecule has 6 heteroatoms. The first-order chi connectivity index (χ1) is 11.3. The number of benzene rings is 1. The molecule has 2 N–H and O–H groups in total. The van der Waals surface area contributed by atoms with Crippen LogP contribution < -0.4 is 15.4 Å². The molecule has 0 fully saturated rings. The molecule has 0 aliphatic rings. The first kappa shape index (κ1) is 17.8. The third-order valence-electron chi connectivity index (χ3n) is 4.20.